The summed E-state index contributed by atoms with van der Waals surface area (Å²) in [6, 6.07) is 7.71. The van der Waals surface area contributed by atoms with Crippen LogP contribution in [0.5, 0.6) is 11.5 Å². The second kappa shape index (κ2) is 9.15. The minimum atomic E-state index is 0.270. The van der Waals surface area contributed by atoms with Gasteiger partial charge in [0.15, 0.2) is 5.82 Å². The number of aryl methyl sites for hydroxylation is 1. The van der Waals surface area contributed by atoms with Gasteiger partial charge in [-0.1, -0.05) is 24.9 Å². The lowest BCUT2D eigenvalue weighted by molar-refractivity contribution is -0.102. The second-order valence-corrected chi connectivity index (χ2v) is 8.85. The number of nitrogens with one attached hydrogen (secondary N) is 1. The summed E-state index contributed by atoms with van der Waals surface area (Å²) in [4.78, 5) is 4.33. The predicted octanol–water partition coefficient (Wildman–Crippen LogP) is 4.14. The van der Waals surface area contributed by atoms with Crippen molar-refractivity contribution < 1.29 is 14.2 Å². The molecule has 9 heteroatoms. The van der Waals surface area contributed by atoms with Gasteiger partial charge in [-0.05, 0) is 37.1 Å². The molecule has 1 saturated heterocycles. The molecule has 3 aromatic rings. The molecule has 0 radical (unpaired) electrons. The lowest BCUT2D eigenvalue weighted by atomic mass is 9.86. The zero-order valence-electron chi connectivity index (χ0n) is 18.2. The predicted molar refractivity (Wildman–Crippen MR) is 122 cm³/mol. The van der Waals surface area contributed by atoms with Crippen LogP contribution in [0.2, 0.25) is 0 Å². The summed E-state index contributed by atoms with van der Waals surface area (Å²) < 4.78 is 22.0. The molecule has 2 aromatic heterocycles. The Morgan fingerprint density at radius 2 is 1.90 bits per heavy atom. The minimum Gasteiger partial charge on any atom is -0.494 e. The Balaban J connectivity index is 1.71. The largest absolute Gasteiger partial charge is 0.494 e. The van der Waals surface area contributed by atoms with Crippen molar-refractivity contribution in [2.75, 3.05) is 37.9 Å². The number of hydrogen-bond donors (Lipinski definition) is 1. The van der Waals surface area contributed by atoms with Crippen molar-refractivity contribution in [3.8, 4) is 28.6 Å². The van der Waals surface area contributed by atoms with Crippen molar-refractivity contribution in [2.45, 2.75) is 20.3 Å². The fourth-order valence-electron chi connectivity index (χ4n) is 3.49. The van der Waals surface area contributed by atoms with Crippen molar-refractivity contribution in [1.29, 1.82) is 0 Å². The number of hydrogen-bond acceptors (Lipinski definition) is 8. The van der Waals surface area contributed by atoms with Crippen molar-refractivity contribution >= 4 is 17.9 Å². The van der Waals surface area contributed by atoms with Gasteiger partial charge in [0.2, 0.25) is 5.95 Å². The van der Waals surface area contributed by atoms with Gasteiger partial charge < -0.3 is 14.2 Å². The van der Waals surface area contributed by atoms with Crippen LogP contribution in [0.1, 0.15) is 18.9 Å². The molecule has 0 atom stereocenters. The number of para-hydroxylation sites is 1. The van der Waals surface area contributed by atoms with Crippen molar-refractivity contribution in [2.24, 2.45) is 5.41 Å². The highest BCUT2D eigenvalue weighted by Crippen LogP contribution is 2.38. The topological polar surface area (TPSA) is 83.3 Å². The molecule has 0 amide bonds. The SMILES string of the molecule is COc1cccc(OC)c1-n1c(NSCCC2(C)COC2)nnc1-c1cncc(C)c1. The molecule has 1 aromatic carbocycles. The molecule has 0 aliphatic carbocycles. The van der Waals surface area contributed by atoms with Gasteiger partial charge in [0.1, 0.15) is 17.2 Å². The first-order valence-corrected chi connectivity index (χ1v) is 11.1. The molecule has 3 heterocycles. The fourth-order valence-corrected chi connectivity index (χ4v) is 4.44. The lowest BCUT2D eigenvalue weighted by Gasteiger charge is -2.37. The van der Waals surface area contributed by atoms with E-state index in [1.807, 2.05) is 42.0 Å². The zero-order valence-corrected chi connectivity index (χ0v) is 19.0. The Morgan fingerprint density at radius 1 is 1.16 bits per heavy atom. The van der Waals surface area contributed by atoms with Gasteiger partial charge in [0, 0.05) is 29.1 Å². The second-order valence-electron chi connectivity index (χ2n) is 7.95. The van der Waals surface area contributed by atoms with Crippen LogP contribution in [-0.4, -0.2) is 52.9 Å². The standard InChI is InChI=1S/C22H27N5O3S/c1-15-10-16(12-23-11-15)20-24-25-21(26-31-9-8-22(2)13-30-14-22)27(20)19-17(28-3)6-5-7-18(19)29-4/h5-7,10-12H,8-9,13-14H2,1-4H3,(H,25,26). The number of benzene rings is 1. The number of pyridine rings is 1. The summed E-state index contributed by atoms with van der Waals surface area (Å²) in [7, 11) is 3.28. The van der Waals surface area contributed by atoms with Crippen molar-refractivity contribution in [3.63, 3.8) is 0 Å². The Hall–Kier alpha value is -2.78. The van der Waals surface area contributed by atoms with E-state index in [4.69, 9.17) is 14.2 Å². The Morgan fingerprint density at radius 3 is 2.52 bits per heavy atom. The van der Waals surface area contributed by atoms with Gasteiger partial charge in [-0.3, -0.25) is 14.3 Å². The smallest absolute Gasteiger partial charge is 0.239 e. The molecule has 1 aliphatic heterocycles. The van der Waals surface area contributed by atoms with E-state index in [0.29, 0.717) is 23.3 Å². The lowest BCUT2D eigenvalue weighted by Crippen LogP contribution is -2.40. The fraction of sp³-hybridized carbons (Fsp3) is 0.409. The van der Waals surface area contributed by atoms with E-state index in [1.165, 1.54) is 0 Å². The number of aromatic nitrogens is 4. The van der Waals surface area contributed by atoms with Gasteiger partial charge in [-0.15, -0.1) is 10.2 Å². The van der Waals surface area contributed by atoms with E-state index < -0.39 is 0 Å². The molecule has 8 nitrogen and oxygen atoms in total. The van der Waals surface area contributed by atoms with E-state index in [0.717, 1.165) is 42.2 Å². The number of methoxy groups -OCH3 is 2. The number of ether oxygens (including phenoxy) is 3. The zero-order chi connectivity index (χ0) is 21.8. The summed E-state index contributed by atoms with van der Waals surface area (Å²) >= 11 is 1.60. The van der Waals surface area contributed by atoms with Crippen LogP contribution in [0.15, 0.2) is 36.7 Å². The first-order chi connectivity index (χ1) is 15.0. The third kappa shape index (κ3) is 4.47. The summed E-state index contributed by atoms with van der Waals surface area (Å²) in [5, 5.41) is 8.91. The third-order valence-electron chi connectivity index (χ3n) is 5.29. The van der Waals surface area contributed by atoms with E-state index in [1.54, 1.807) is 32.4 Å². The Labute approximate surface area is 186 Å². The number of anilines is 1. The van der Waals surface area contributed by atoms with Gasteiger partial charge in [-0.2, -0.15) is 0 Å². The maximum absolute atomic E-state index is 5.65. The van der Waals surface area contributed by atoms with Crippen LogP contribution < -0.4 is 14.2 Å². The average molecular weight is 442 g/mol. The molecular formula is C22H27N5O3S. The Kier molecular flexibility index (Phi) is 6.33. The summed E-state index contributed by atoms with van der Waals surface area (Å²) in [5.74, 6) is 3.50. The number of nitrogens with zero attached hydrogens (tertiary/aromatic N) is 4. The highest BCUT2D eigenvalue weighted by atomic mass is 32.2. The molecule has 0 unspecified atom stereocenters. The molecule has 4 rings (SSSR count). The molecule has 1 fully saturated rings. The van der Waals surface area contributed by atoms with Crippen LogP contribution >= 0.6 is 11.9 Å². The molecule has 164 valence electrons. The molecule has 0 bridgehead atoms. The molecule has 0 saturated carbocycles. The summed E-state index contributed by atoms with van der Waals surface area (Å²) in [6.45, 7) is 5.90. The van der Waals surface area contributed by atoms with E-state index >= 15 is 0 Å². The normalized spacial score (nSPS) is 14.7. The molecule has 1 N–H and O–H groups in total. The van der Waals surface area contributed by atoms with E-state index in [-0.39, 0.29) is 5.41 Å². The first-order valence-electron chi connectivity index (χ1n) is 10.1. The van der Waals surface area contributed by atoms with E-state index in [9.17, 15) is 0 Å². The molecule has 1 aliphatic rings. The molecular weight excluding hydrogens is 414 g/mol. The van der Waals surface area contributed by atoms with E-state index in [2.05, 4.69) is 26.8 Å². The average Bonchev–Trinajstić information content (AvgIpc) is 3.18. The van der Waals surface area contributed by atoms with Crippen molar-refractivity contribution in [1.82, 2.24) is 19.7 Å². The highest BCUT2D eigenvalue weighted by molar-refractivity contribution is 8.00. The van der Waals surface area contributed by atoms with Gasteiger partial charge >= 0.3 is 0 Å². The first kappa shape index (κ1) is 21.5. The maximum atomic E-state index is 5.65. The van der Waals surface area contributed by atoms with Gasteiger partial charge in [0.05, 0.1) is 27.4 Å². The summed E-state index contributed by atoms with van der Waals surface area (Å²) in [6.07, 6.45) is 4.66. The van der Waals surface area contributed by atoms with Crippen LogP contribution in [-0.2, 0) is 4.74 Å². The molecule has 31 heavy (non-hydrogen) atoms. The van der Waals surface area contributed by atoms with Crippen LogP contribution in [0.3, 0.4) is 0 Å². The van der Waals surface area contributed by atoms with Crippen LogP contribution in [0.25, 0.3) is 17.1 Å². The monoisotopic (exact) mass is 441 g/mol. The quantitative estimate of drug-likeness (QED) is 0.392. The van der Waals surface area contributed by atoms with Crippen LogP contribution in [0, 0.1) is 12.3 Å². The number of rotatable bonds is 9. The minimum absolute atomic E-state index is 0.270. The highest BCUT2D eigenvalue weighted by Gasteiger charge is 2.32. The van der Waals surface area contributed by atoms with Crippen molar-refractivity contribution in [3.05, 3.63) is 42.2 Å². The maximum Gasteiger partial charge on any atom is 0.239 e. The van der Waals surface area contributed by atoms with Gasteiger partial charge in [-0.25, -0.2) is 0 Å². The summed E-state index contributed by atoms with van der Waals surface area (Å²) in [5.41, 5.74) is 2.90. The third-order valence-corrected chi connectivity index (χ3v) is 6.03. The van der Waals surface area contributed by atoms with Crippen LogP contribution in [0.4, 0.5) is 5.95 Å². The Bertz CT molecular complexity index is 1030. The van der Waals surface area contributed by atoms with Gasteiger partial charge in [0.25, 0.3) is 0 Å². The molecule has 0 spiro atoms.